The van der Waals surface area contributed by atoms with E-state index in [-0.39, 0.29) is 24.3 Å². The molecule has 0 saturated heterocycles. The lowest BCUT2D eigenvalue weighted by atomic mass is 9.95. The minimum atomic E-state index is -0.237. The first-order valence-corrected chi connectivity index (χ1v) is 12.5. The number of methoxy groups -OCH3 is 2. The number of carbonyl (C=O) groups excluding carboxylic acids is 2. The maximum Gasteiger partial charge on any atom is 0.255 e. The van der Waals surface area contributed by atoms with Crippen LogP contribution >= 0.6 is 0 Å². The number of rotatable bonds is 9. The third-order valence-corrected chi connectivity index (χ3v) is 7.04. The molecule has 0 bridgehead atoms. The van der Waals surface area contributed by atoms with E-state index in [9.17, 15) is 9.59 Å². The van der Waals surface area contributed by atoms with Crippen molar-refractivity contribution in [3.05, 3.63) is 94.7 Å². The van der Waals surface area contributed by atoms with Crippen LogP contribution < -0.4 is 14.8 Å². The Morgan fingerprint density at radius 1 is 1.00 bits per heavy atom. The summed E-state index contributed by atoms with van der Waals surface area (Å²) in [6.45, 7) is 2.87. The molecule has 0 spiro atoms. The van der Waals surface area contributed by atoms with Gasteiger partial charge in [0.05, 0.1) is 20.3 Å². The number of amides is 2. The summed E-state index contributed by atoms with van der Waals surface area (Å²) in [6.07, 6.45) is 0.890. The molecule has 1 aliphatic rings. The van der Waals surface area contributed by atoms with E-state index in [4.69, 9.17) is 9.47 Å². The van der Waals surface area contributed by atoms with Crippen molar-refractivity contribution in [2.75, 3.05) is 27.3 Å². The molecule has 0 fully saturated rings. The maximum absolute atomic E-state index is 13.4. The molecule has 3 aromatic carbocycles. The van der Waals surface area contributed by atoms with E-state index in [0.717, 1.165) is 33.3 Å². The van der Waals surface area contributed by atoms with Crippen molar-refractivity contribution in [1.82, 2.24) is 15.2 Å². The van der Waals surface area contributed by atoms with Crippen molar-refractivity contribution in [1.29, 1.82) is 0 Å². The summed E-state index contributed by atoms with van der Waals surface area (Å²) >= 11 is 0. The van der Waals surface area contributed by atoms with Crippen LogP contribution in [0.2, 0.25) is 0 Å². The third-order valence-electron chi connectivity index (χ3n) is 7.04. The summed E-state index contributed by atoms with van der Waals surface area (Å²) in [7, 11) is 3.21. The second-order valence-electron chi connectivity index (χ2n) is 9.24. The molecule has 2 heterocycles. The van der Waals surface area contributed by atoms with Crippen LogP contribution in [-0.2, 0) is 11.2 Å². The molecular formula is C30H31N3O4. The van der Waals surface area contributed by atoms with E-state index in [0.29, 0.717) is 36.6 Å². The molecule has 7 heteroatoms. The lowest BCUT2D eigenvalue weighted by molar-refractivity contribution is -0.121. The summed E-state index contributed by atoms with van der Waals surface area (Å²) in [6, 6.07) is 21.4. The summed E-state index contributed by atoms with van der Waals surface area (Å²) in [5.74, 6) is 1.21. The zero-order chi connectivity index (χ0) is 25.9. The highest BCUT2D eigenvalue weighted by atomic mass is 16.5. The number of carbonyl (C=O) groups is 2. The maximum atomic E-state index is 13.4. The van der Waals surface area contributed by atoms with Crippen LogP contribution in [0.3, 0.4) is 0 Å². The van der Waals surface area contributed by atoms with E-state index >= 15 is 0 Å². The van der Waals surface area contributed by atoms with E-state index in [1.54, 1.807) is 14.2 Å². The Balaban J connectivity index is 1.29. The first-order chi connectivity index (χ1) is 18.0. The number of hydrogen-bond donors (Lipinski definition) is 2. The quantitative estimate of drug-likeness (QED) is 0.348. The highest BCUT2D eigenvalue weighted by Gasteiger charge is 2.39. The normalized spacial score (nSPS) is 14.6. The molecule has 1 atom stereocenters. The van der Waals surface area contributed by atoms with Gasteiger partial charge in [-0.3, -0.25) is 9.59 Å². The van der Waals surface area contributed by atoms with Crippen LogP contribution in [0.5, 0.6) is 11.5 Å². The number of hydrogen-bond acceptors (Lipinski definition) is 4. The van der Waals surface area contributed by atoms with Crippen LogP contribution in [0, 0.1) is 6.92 Å². The van der Waals surface area contributed by atoms with Crippen molar-refractivity contribution in [3.63, 3.8) is 0 Å². The molecule has 4 aromatic rings. The number of ether oxygens (including phenoxy) is 2. The molecule has 37 heavy (non-hydrogen) atoms. The topological polar surface area (TPSA) is 83.7 Å². The van der Waals surface area contributed by atoms with E-state index in [2.05, 4.69) is 16.4 Å². The van der Waals surface area contributed by atoms with Gasteiger partial charge < -0.3 is 24.7 Å². The van der Waals surface area contributed by atoms with Gasteiger partial charge in [0, 0.05) is 47.2 Å². The molecule has 0 saturated carbocycles. The zero-order valence-electron chi connectivity index (χ0n) is 21.3. The Bertz CT molecular complexity index is 1460. The number of benzene rings is 3. The Kier molecular flexibility index (Phi) is 6.86. The van der Waals surface area contributed by atoms with Crippen LogP contribution in [-0.4, -0.2) is 49.0 Å². The van der Waals surface area contributed by atoms with Crippen LogP contribution in [0.4, 0.5) is 0 Å². The molecule has 7 nitrogen and oxygen atoms in total. The number of aromatic nitrogens is 1. The average molecular weight is 498 g/mol. The predicted molar refractivity (Wildman–Crippen MR) is 143 cm³/mol. The van der Waals surface area contributed by atoms with E-state index < -0.39 is 0 Å². The number of fused-ring (bicyclic) bond motifs is 2. The molecule has 2 amide bonds. The fourth-order valence-corrected chi connectivity index (χ4v) is 5.26. The highest BCUT2D eigenvalue weighted by molar-refractivity contribution is 6.01. The Labute approximate surface area is 216 Å². The first-order valence-electron chi connectivity index (χ1n) is 12.5. The van der Waals surface area contributed by atoms with Crippen LogP contribution in [0.1, 0.15) is 45.2 Å². The molecule has 190 valence electrons. The molecule has 0 radical (unpaired) electrons. The van der Waals surface area contributed by atoms with Crippen molar-refractivity contribution in [3.8, 4) is 11.5 Å². The van der Waals surface area contributed by atoms with Gasteiger partial charge in [0.2, 0.25) is 5.91 Å². The molecule has 0 unspecified atom stereocenters. The number of aromatic amines is 1. The minimum absolute atomic E-state index is 0.0385. The van der Waals surface area contributed by atoms with Crippen LogP contribution in [0.15, 0.2) is 66.7 Å². The zero-order valence-corrected chi connectivity index (χ0v) is 21.3. The number of para-hydroxylation sites is 1. The van der Waals surface area contributed by atoms with Gasteiger partial charge >= 0.3 is 0 Å². The van der Waals surface area contributed by atoms with Gasteiger partial charge in [0.15, 0.2) is 11.5 Å². The van der Waals surface area contributed by atoms with Crippen molar-refractivity contribution in [2.24, 2.45) is 0 Å². The Morgan fingerprint density at radius 2 is 1.76 bits per heavy atom. The van der Waals surface area contributed by atoms with Gasteiger partial charge in [-0.1, -0.05) is 42.5 Å². The highest BCUT2D eigenvalue weighted by Crippen LogP contribution is 2.42. The predicted octanol–water partition coefficient (Wildman–Crippen LogP) is 4.79. The monoisotopic (exact) mass is 497 g/mol. The molecule has 1 aliphatic heterocycles. The molecular weight excluding hydrogens is 466 g/mol. The largest absolute Gasteiger partial charge is 0.493 e. The summed E-state index contributed by atoms with van der Waals surface area (Å²) in [4.78, 5) is 31.5. The Morgan fingerprint density at radius 3 is 2.57 bits per heavy atom. The minimum Gasteiger partial charge on any atom is -0.493 e. The van der Waals surface area contributed by atoms with Gasteiger partial charge in [0.25, 0.3) is 5.91 Å². The standard InChI is InChI=1S/C30H31N3O4/c1-19-28(23-10-6-7-11-24(23)32-19)29-21-8-4-5-9-22(21)30(35)33(29)17-15-27(34)31-16-14-20-12-13-25(36-2)26(18-20)37-3/h4-13,18,29,32H,14-17H2,1-3H3,(H,31,34)/t29-/m1/s1. The van der Waals surface area contributed by atoms with E-state index in [1.165, 1.54) is 0 Å². The second kappa shape index (κ2) is 10.4. The Hall–Kier alpha value is -4.26. The van der Waals surface area contributed by atoms with Crippen molar-refractivity contribution >= 4 is 22.7 Å². The van der Waals surface area contributed by atoms with Gasteiger partial charge in [-0.05, 0) is 48.7 Å². The summed E-state index contributed by atoms with van der Waals surface area (Å²) in [5.41, 5.74) is 5.88. The van der Waals surface area contributed by atoms with Gasteiger partial charge in [-0.2, -0.15) is 0 Å². The first kappa shape index (κ1) is 24.4. The second-order valence-corrected chi connectivity index (χ2v) is 9.24. The SMILES string of the molecule is COc1ccc(CCNC(=O)CCN2C(=O)c3ccccc3[C@@H]2c2c(C)[nH]c3ccccc23)cc1OC. The summed E-state index contributed by atoms with van der Waals surface area (Å²) in [5, 5.41) is 4.09. The van der Waals surface area contributed by atoms with Gasteiger partial charge in [0.1, 0.15) is 0 Å². The number of H-pyrrole nitrogens is 1. The smallest absolute Gasteiger partial charge is 0.255 e. The molecule has 0 aliphatic carbocycles. The average Bonchev–Trinajstić information content (AvgIpc) is 3.39. The fraction of sp³-hybridized carbons (Fsp3) is 0.267. The lowest BCUT2D eigenvalue weighted by Crippen LogP contribution is -2.34. The summed E-state index contributed by atoms with van der Waals surface area (Å²) < 4.78 is 10.6. The van der Waals surface area contributed by atoms with Crippen molar-refractivity contribution in [2.45, 2.75) is 25.8 Å². The third kappa shape index (κ3) is 4.65. The van der Waals surface area contributed by atoms with Gasteiger partial charge in [-0.25, -0.2) is 0 Å². The van der Waals surface area contributed by atoms with Crippen molar-refractivity contribution < 1.29 is 19.1 Å². The number of nitrogens with one attached hydrogen (secondary N) is 2. The fourth-order valence-electron chi connectivity index (χ4n) is 5.26. The number of aryl methyl sites for hydroxylation is 1. The molecule has 1 aromatic heterocycles. The molecule has 2 N–H and O–H groups in total. The number of nitrogens with zero attached hydrogens (tertiary/aromatic N) is 1. The van der Waals surface area contributed by atoms with Gasteiger partial charge in [-0.15, -0.1) is 0 Å². The lowest BCUT2D eigenvalue weighted by Gasteiger charge is -2.26. The molecule has 5 rings (SSSR count). The van der Waals surface area contributed by atoms with E-state index in [1.807, 2.05) is 72.5 Å². The van der Waals surface area contributed by atoms with Crippen LogP contribution in [0.25, 0.3) is 10.9 Å².